The van der Waals surface area contributed by atoms with Gasteiger partial charge in [-0.2, -0.15) is 0 Å². The van der Waals surface area contributed by atoms with E-state index in [1.165, 1.54) is 38.5 Å². The topological polar surface area (TPSA) is 15.3 Å². The van der Waals surface area contributed by atoms with Gasteiger partial charge in [0.2, 0.25) is 0 Å². The standard InChI is InChI=1S/C30H38N2.ClH/c1-2-4-28-20(3-1)5-7-24-21(16-26-22-12-18-11-19(14-22)15-23(26)13-18)6-8-25-27-17-31-10-9-29(27)32(28)30(24)25;/h1,3,5,9,17-19,21-23,25-26,28,31H,2,4,6-8,10-16H2;1H. The highest BCUT2D eigenvalue weighted by atomic mass is 35.5. The Kier molecular flexibility index (Phi) is 4.95. The second kappa shape index (κ2) is 7.80. The van der Waals surface area contributed by atoms with Gasteiger partial charge in [0.05, 0.1) is 6.04 Å². The van der Waals surface area contributed by atoms with E-state index in [9.17, 15) is 0 Å². The van der Waals surface area contributed by atoms with Crippen molar-refractivity contribution in [3.8, 4) is 0 Å². The molecule has 3 atom stereocenters. The van der Waals surface area contributed by atoms with Crippen molar-refractivity contribution < 1.29 is 0 Å². The van der Waals surface area contributed by atoms with Gasteiger partial charge in [-0.3, -0.25) is 0 Å². The minimum atomic E-state index is 0. The summed E-state index contributed by atoms with van der Waals surface area (Å²) < 4.78 is 0. The first-order valence-electron chi connectivity index (χ1n) is 13.9. The van der Waals surface area contributed by atoms with Gasteiger partial charge in [0.1, 0.15) is 0 Å². The normalized spacial score (nSPS) is 44.0. The number of allylic oxidation sites excluding steroid dienone is 5. The summed E-state index contributed by atoms with van der Waals surface area (Å²) in [6.07, 6.45) is 28.3. The lowest BCUT2D eigenvalue weighted by Crippen LogP contribution is -2.46. The molecule has 5 fully saturated rings. The summed E-state index contributed by atoms with van der Waals surface area (Å²) >= 11 is 0. The Morgan fingerprint density at radius 1 is 0.939 bits per heavy atom. The fourth-order valence-corrected chi connectivity index (χ4v) is 9.98. The van der Waals surface area contributed by atoms with Gasteiger partial charge in [0.15, 0.2) is 0 Å². The van der Waals surface area contributed by atoms with Crippen LogP contribution in [0.1, 0.15) is 70.6 Å². The summed E-state index contributed by atoms with van der Waals surface area (Å²) in [5.41, 5.74) is 8.37. The summed E-state index contributed by atoms with van der Waals surface area (Å²) in [5, 5.41) is 3.55. The molecule has 6 aliphatic carbocycles. The highest BCUT2D eigenvalue weighted by Crippen LogP contribution is 2.60. The SMILES string of the molecule is C1=CC2=CCC3=C4C(CCC3CC3C5CC6CC(C5)CC3C6)C3=CNCC=C3N4C2CC1.Cl. The Hall–Kier alpha value is -1.41. The molecule has 3 aliphatic heterocycles. The van der Waals surface area contributed by atoms with Crippen LogP contribution in [-0.2, 0) is 0 Å². The lowest BCUT2D eigenvalue weighted by atomic mass is 9.50. The van der Waals surface area contributed by atoms with E-state index in [0.717, 1.165) is 42.1 Å². The molecule has 0 amide bonds. The second-order valence-corrected chi connectivity index (χ2v) is 12.4. The van der Waals surface area contributed by atoms with Gasteiger partial charge in [-0.15, -0.1) is 12.4 Å². The van der Waals surface area contributed by atoms with E-state index < -0.39 is 0 Å². The van der Waals surface area contributed by atoms with Crippen molar-refractivity contribution >= 4 is 12.4 Å². The van der Waals surface area contributed by atoms with Crippen LogP contribution in [0.5, 0.6) is 0 Å². The van der Waals surface area contributed by atoms with Gasteiger partial charge in [-0.1, -0.05) is 18.2 Å². The lowest BCUT2D eigenvalue weighted by Gasteiger charge is -2.55. The molecule has 9 rings (SSSR count). The van der Waals surface area contributed by atoms with Crippen molar-refractivity contribution in [2.24, 2.45) is 41.4 Å². The van der Waals surface area contributed by atoms with Crippen molar-refractivity contribution in [2.45, 2.75) is 76.7 Å². The number of nitrogens with zero attached hydrogens (tertiary/aromatic N) is 1. The molecule has 1 saturated heterocycles. The molecule has 3 heteroatoms. The van der Waals surface area contributed by atoms with Crippen molar-refractivity contribution in [3.05, 3.63) is 58.6 Å². The van der Waals surface area contributed by atoms with Crippen LogP contribution in [-0.4, -0.2) is 17.5 Å². The molecule has 9 aliphatic rings. The van der Waals surface area contributed by atoms with Crippen LogP contribution in [0.2, 0.25) is 0 Å². The van der Waals surface area contributed by atoms with E-state index in [2.05, 4.69) is 40.7 Å². The Balaban J connectivity index is 0.00000190. The maximum atomic E-state index is 3.55. The fraction of sp³-hybridized carbons (Fsp3) is 0.667. The van der Waals surface area contributed by atoms with Crippen molar-refractivity contribution in [1.82, 2.24) is 10.2 Å². The summed E-state index contributed by atoms with van der Waals surface area (Å²) in [5.74, 6) is 6.86. The lowest BCUT2D eigenvalue weighted by molar-refractivity contribution is -0.0450. The molecule has 0 aromatic heterocycles. The van der Waals surface area contributed by atoms with Crippen LogP contribution >= 0.6 is 12.4 Å². The number of nitrogens with one attached hydrogen (secondary N) is 1. The average Bonchev–Trinajstić information content (AvgIpc) is 3.03. The smallest absolute Gasteiger partial charge is 0.0588 e. The number of halogens is 1. The Labute approximate surface area is 205 Å². The van der Waals surface area contributed by atoms with Gasteiger partial charge in [-0.05, 0) is 123 Å². The van der Waals surface area contributed by atoms with Gasteiger partial charge < -0.3 is 10.2 Å². The zero-order chi connectivity index (χ0) is 20.8. The van der Waals surface area contributed by atoms with Crippen LogP contribution in [0.3, 0.4) is 0 Å². The summed E-state index contributed by atoms with van der Waals surface area (Å²) in [6, 6.07) is 0.574. The molecule has 2 nitrogen and oxygen atoms in total. The van der Waals surface area contributed by atoms with E-state index in [0.29, 0.717) is 12.0 Å². The molecule has 3 heterocycles. The van der Waals surface area contributed by atoms with E-state index in [1.807, 2.05) is 5.57 Å². The monoisotopic (exact) mass is 462 g/mol. The van der Waals surface area contributed by atoms with Crippen LogP contribution in [0.15, 0.2) is 58.6 Å². The molecular weight excluding hydrogens is 424 g/mol. The molecule has 0 aromatic carbocycles. The maximum Gasteiger partial charge on any atom is 0.0588 e. The molecule has 0 radical (unpaired) electrons. The first-order valence-corrected chi connectivity index (χ1v) is 13.9. The summed E-state index contributed by atoms with van der Waals surface area (Å²) in [7, 11) is 0. The number of fused-ring (bicyclic) bond motifs is 5. The second-order valence-electron chi connectivity index (χ2n) is 12.4. The third kappa shape index (κ3) is 3.05. The van der Waals surface area contributed by atoms with E-state index in [1.54, 1.807) is 54.6 Å². The molecule has 1 N–H and O–H groups in total. The molecule has 176 valence electrons. The van der Waals surface area contributed by atoms with Gasteiger partial charge >= 0.3 is 0 Å². The van der Waals surface area contributed by atoms with E-state index >= 15 is 0 Å². The number of hydrogen-bond donors (Lipinski definition) is 1. The van der Waals surface area contributed by atoms with Gasteiger partial charge in [0, 0.05) is 35.6 Å². The molecule has 33 heavy (non-hydrogen) atoms. The van der Waals surface area contributed by atoms with Crippen molar-refractivity contribution in [3.63, 3.8) is 0 Å². The Morgan fingerprint density at radius 2 is 1.76 bits per heavy atom. The van der Waals surface area contributed by atoms with Crippen LogP contribution < -0.4 is 5.32 Å². The minimum absolute atomic E-state index is 0. The van der Waals surface area contributed by atoms with Crippen LogP contribution in [0, 0.1) is 41.4 Å². The summed E-state index contributed by atoms with van der Waals surface area (Å²) in [4.78, 5) is 2.86. The third-order valence-electron chi connectivity index (χ3n) is 11.0. The van der Waals surface area contributed by atoms with Crippen molar-refractivity contribution in [1.29, 1.82) is 0 Å². The van der Waals surface area contributed by atoms with E-state index in [4.69, 9.17) is 0 Å². The number of rotatable bonds is 2. The van der Waals surface area contributed by atoms with Gasteiger partial charge in [0.25, 0.3) is 0 Å². The molecule has 4 bridgehead atoms. The third-order valence-corrected chi connectivity index (χ3v) is 11.0. The summed E-state index contributed by atoms with van der Waals surface area (Å²) in [6.45, 7) is 0.990. The quantitative estimate of drug-likeness (QED) is 0.480. The first kappa shape index (κ1) is 20.9. The Morgan fingerprint density at radius 3 is 2.58 bits per heavy atom. The average molecular weight is 463 g/mol. The highest BCUT2D eigenvalue weighted by molar-refractivity contribution is 5.85. The highest BCUT2D eigenvalue weighted by Gasteiger charge is 2.51. The van der Waals surface area contributed by atoms with E-state index in [-0.39, 0.29) is 12.4 Å². The van der Waals surface area contributed by atoms with Crippen molar-refractivity contribution in [2.75, 3.05) is 6.54 Å². The predicted molar refractivity (Wildman–Crippen MR) is 137 cm³/mol. The molecule has 4 saturated carbocycles. The minimum Gasteiger partial charge on any atom is -0.387 e. The Bertz CT molecular complexity index is 969. The molecular formula is C30H39ClN2. The first-order chi connectivity index (χ1) is 15.8. The zero-order valence-corrected chi connectivity index (χ0v) is 20.7. The zero-order valence-electron chi connectivity index (χ0n) is 19.8. The maximum absolute atomic E-state index is 3.55. The van der Waals surface area contributed by atoms with Crippen LogP contribution in [0.4, 0.5) is 0 Å². The predicted octanol–water partition coefficient (Wildman–Crippen LogP) is 6.89. The molecule has 0 spiro atoms. The molecule has 0 aromatic rings. The molecule has 3 unspecified atom stereocenters. The van der Waals surface area contributed by atoms with Gasteiger partial charge in [-0.25, -0.2) is 0 Å². The largest absolute Gasteiger partial charge is 0.387 e. The van der Waals surface area contributed by atoms with Crippen LogP contribution in [0.25, 0.3) is 0 Å². The fourth-order valence-electron chi connectivity index (χ4n) is 9.98. The number of dihydropyridines is 1. The number of hydrogen-bond acceptors (Lipinski definition) is 2.